The first-order valence-corrected chi connectivity index (χ1v) is 8.95. The van der Waals surface area contributed by atoms with E-state index in [0.29, 0.717) is 6.61 Å². The van der Waals surface area contributed by atoms with Crippen LogP contribution < -0.4 is 0 Å². The highest BCUT2D eigenvalue weighted by molar-refractivity contribution is 5.20. The van der Waals surface area contributed by atoms with Crippen LogP contribution in [0, 0.1) is 5.41 Å². The van der Waals surface area contributed by atoms with Crippen molar-refractivity contribution in [2.45, 2.75) is 51.9 Å². The van der Waals surface area contributed by atoms with Crippen molar-refractivity contribution in [1.82, 2.24) is 0 Å². The van der Waals surface area contributed by atoms with E-state index in [4.69, 9.17) is 9.47 Å². The minimum Gasteiger partial charge on any atom is -0.368 e. The minimum absolute atomic E-state index is 0.00544. The van der Waals surface area contributed by atoms with Crippen LogP contribution in [-0.4, -0.2) is 30.7 Å². The Kier molecular flexibility index (Phi) is 7.70. The molecule has 0 spiro atoms. The van der Waals surface area contributed by atoms with Gasteiger partial charge in [-0.15, -0.1) is 0 Å². The lowest BCUT2D eigenvalue weighted by Crippen LogP contribution is -2.35. The molecule has 0 heterocycles. The third-order valence-electron chi connectivity index (χ3n) is 4.56. The molecule has 0 saturated carbocycles. The van der Waals surface area contributed by atoms with Gasteiger partial charge in [0.1, 0.15) is 0 Å². The average molecular weight is 330 g/mol. The molecule has 1 aliphatic rings. The monoisotopic (exact) mass is 330 g/mol. The molecule has 0 bridgehead atoms. The maximum Gasteiger partial charge on any atom is 0.178 e. The molecule has 24 heavy (non-hydrogen) atoms. The van der Waals surface area contributed by atoms with Crippen molar-refractivity contribution in [3.63, 3.8) is 0 Å². The normalized spacial score (nSPS) is 24.2. The van der Waals surface area contributed by atoms with Crippen molar-refractivity contribution in [3.05, 3.63) is 60.2 Å². The van der Waals surface area contributed by atoms with E-state index in [9.17, 15) is 5.11 Å². The highest BCUT2D eigenvalue weighted by Crippen LogP contribution is 2.35. The van der Waals surface area contributed by atoms with Crippen LogP contribution in [-0.2, 0) is 15.9 Å². The van der Waals surface area contributed by atoms with Gasteiger partial charge in [-0.1, -0.05) is 81.3 Å². The fourth-order valence-corrected chi connectivity index (χ4v) is 2.98. The van der Waals surface area contributed by atoms with E-state index in [-0.39, 0.29) is 18.1 Å². The molecule has 1 aromatic carbocycles. The molecule has 0 saturated heterocycles. The summed E-state index contributed by atoms with van der Waals surface area (Å²) in [5.41, 5.74) is 1.20. The van der Waals surface area contributed by atoms with E-state index >= 15 is 0 Å². The van der Waals surface area contributed by atoms with Crippen LogP contribution in [0.1, 0.15) is 38.7 Å². The van der Waals surface area contributed by atoms with Crippen LogP contribution in [0.3, 0.4) is 0 Å². The van der Waals surface area contributed by atoms with Crippen LogP contribution in [0.15, 0.2) is 54.6 Å². The van der Waals surface area contributed by atoms with E-state index < -0.39 is 6.29 Å². The van der Waals surface area contributed by atoms with Gasteiger partial charge in [0.05, 0.1) is 19.3 Å². The van der Waals surface area contributed by atoms with Crippen LogP contribution in [0.2, 0.25) is 0 Å². The van der Waals surface area contributed by atoms with Crippen molar-refractivity contribution in [3.8, 4) is 0 Å². The van der Waals surface area contributed by atoms with Gasteiger partial charge in [-0.05, 0) is 18.4 Å². The van der Waals surface area contributed by atoms with Gasteiger partial charge in [-0.2, -0.15) is 0 Å². The van der Waals surface area contributed by atoms with Crippen LogP contribution in [0.4, 0.5) is 0 Å². The Morgan fingerprint density at radius 2 is 2.00 bits per heavy atom. The van der Waals surface area contributed by atoms with Gasteiger partial charge in [0, 0.05) is 5.41 Å². The molecule has 1 aliphatic carbocycles. The summed E-state index contributed by atoms with van der Waals surface area (Å²) in [7, 11) is 0. The van der Waals surface area contributed by atoms with E-state index in [1.807, 2.05) is 24.3 Å². The zero-order chi connectivity index (χ0) is 17.3. The summed E-state index contributed by atoms with van der Waals surface area (Å²) in [4.78, 5) is 0. The molecule has 3 heteroatoms. The van der Waals surface area contributed by atoms with E-state index in [1.165, 1.54) is 18.4 Å². The maximum absolute atomic E-state index is 10.0. The van der Waals surface area contributed by atoms with Gasteiger partial charge in [-0.3, -0.25) is 0 Å². The fraction of sp³-hybridized carbons (Fsp3) is 0.524. The molecular formula is C21H30O3. The Morgan fingerprint density at radius 3 is 2.75 bits per heavy atom. The number of ether oxygens (including phenoxy) is 2. The fourth-order valence-electron chi connectivity index (χ4n) is 2.98. The molecule has 0 aliphatic heterocycles. The zero-order valence-electron chi connectivity index (χ0n) is 14.9. The lowest BCUT2D eigenvalue weighted by atomic mass is 9.77. The molecule has 3 nitrogen and oxygen atoms in total. The highest BCUT2D eigenvalue weighted by atomic mass is 16.6. The molecule has 132 valence electrons. The summed E-state index contributed by atoms with van der Waals surface area (Å²) in [6.45, 7) is 5.10. The number of aliphatic hydroxyl groups excluding tert-OH is 1. The molecule has 1 aromatic rings. The van der Waals surface area contributed by atoms with Crippen molar-refractivity contribution in [2.75, 3.05) is 13.2 Å². The molecule has 2 rings (SSSR count). The van der Waals surface area contributed by atoms with Crippen LogP contribution in [0.25, 0.3) is 0 Å². The third-order valence-corrected chi connectivity index (χ3v) is 4.56. The standard InChI is InChI=1S/C21H30O3/c1-3-4-14-21(2)15-9-8-12-19(21)24-17-20(22)23-16-13-18-10-6-5-7-11-18/h5-12,15,19-20,22H,3-4,13-14,16-17H2,1-2H3. The number of allylic oxidation sites excluding steroid dienone is 2. The molecule has 0 aromatic heterocycles. The van der Waals surface area contributed by atoms with E-state index in [2.05, 4.69) is 44.2 Å². The lowest BCUT2D eigenvalue weighted by Gasteiger charge is -2.35. The second-order valence-corrected chi connectivity index (χ2v) is 6.67. The number of unbranched alkanes of at least 4 members (excludes halogenated alkanes) is 1. The molecule has 0 fully saturated rings. The molecule has 3 atom stereocenters. The summed E-state index contributed by atoms with van der Waals surface area (Å²) in [6, 6.07) is 10.1. The Hall–Kier alpha value is -1.42. The molecule has 0 radical (unpaired) electrons. The largest absolute Gasteiger partial charge is 0.368 e. The Bertz CT molecular complexity index is 523. The first-order chi connectivity index (χ1) is 11.6. The smallest absolute Gasteiger partial charge is 0.178 e. The maximum atomic E-state index is 10.0. The number of rotatable bonds is 10. The summed E-state index contributed by atoms with van der Waals surface area (Å²) < 4.78 is 11.4. The highest BCUT2D eigenvalue weighted by Gasteiger charge is 2.32. The van der Waals surface area contributed by atoms with Crippen molar-refractivity contribution in [1.29, 1.82) is 0 Å². The van der Waals surface area contributed by atoms with Gasteiger partial charge in [0.25, 0.3) is 0 Å². The van der Waals surface area contributed by atoms with Gasteiger partial charge in [0.2, 0.25) is 0 Å². The second kappa shape index (κ2) is 9.77. The number of hydrogen-bond acceptors (Lipinski definition) is 3. The van der Waals surface area contributed by atoms with Gasteiger partial charge in [-0.25, -0.2) is 0 Å². The summed E-state index contributed by atoms with van der Waals surface area (Å²) in [5.74, 6) is 0. The van der Waals surface area contributed by atoms with Crippen molar-refractivity contribution < 1.29 is 14.6 Å². The average Bonchev–Trinajstić information content (AvgIpc) is 2.60. The SMILES string of the molecule is CCCCC1(C)C=CC=CC1OCC(O)OCCc1ccccc1. The molecule has 0 amide bonds. The van der Waals surface area contributed by atoms with Crippen LogP contribution >= 0.6 is 0 Å². The number of hydrogen-bond donors (Lipinski definition) is 1. The number of benzene rings is 1. The molecule has 1 N–H and O–H groups in total. The van der Waals surface area contributed by atoms with Crippen molar-refractivity contribution >= 4 is 0 Å². The first kappa shape index (κ1) is 18.9. The van der Waals surface area contributed by atoms with Crippen molar-refractivity contribution in [2.24, 2.45) is 5.41 Å². The van der Waals surface area contributed by atoms with Gasteiger partial charge < -0.3 is 14.6 Å². The van der Waals surface area contributed by atoms with Gasteiger partial charge in [0.15, 0.2) is 6.29 Å². The Morgan fingerprint density at radius 1 is 1.21 bits per heavy atom. The summed E-state index contributed by atoms with van der Waals surface area (Å²) >= 11 is 0. The zero-order valence-corrected chi connectivity index (χ0v) is 14.9. The minimum atomic E-state index is -0.886. The second-order valence-electron chi connectivity index (χ2n) is 6.67. The molecular weight excluding hydrogens is 300 g/mol. The lowest BCUT2D eigenvalue weighted by molar-refractivity contribution is -0.152. The topological polar surface area (TPSA) is 38.7 Å². The third kappa shape index (κ3) is 5.90. The van der Waals surface area contributed by atoms with E-state index in [0.717, 1.165) is 12.8 Å². The summed E-state index contributed by atoms with van der Waals surface area (Å²) in [6.07, 6.45) is 11.7. The van der Waals surface area contributed by atoms with E-state index in [1.54, 1.807) is 0 Å². The Labute approximate surface area is 146 Å². The first-order valence-electron chi connectivity index (χ1n) is 8.95. The summed E-state index contributed by atoms with van der Waals surface area (Å²) in [5, 5.41) is 10.0. The predicted octanol–water partition coefficient (Wildman–Crippen LogP) is 4.27. The van der Waals surface area contributed by atoms with Crippen LogP contribution in [0.5, 0.6) is 0 Å². The Balaban J connectivity index is 1.72. The van der Waals surface area contributed by atoms with Gasteiger partial charge >= 0.3 is 0 Å². The molecule has 3 unspecified atom stereocenters. The predicted molar refractivity (Wildman–Crippen MR) is 97.8 cm³/mol. The quantitative estimate of drug-likeness (QED) is 0.651. The number of aliphatic hydroxyl groups is 1.